The number of hydrogen-bond acceptors (Lipinski definition) is 6. The minimum atomic E-state index is -0.958. The van der Waals surface area contributed by atoms with E-state index in [4.69, 9.17) is 9.57 Å². The summed E-state index contributed by atoms with van der Waals surface area (Å²) in [6.45, 7) is 7.22. The fourth-order valence-corrected chi connectivity index (χ4v) is 9.33. The van der Waals surface area contributed by atoms with Crippen LogP contribution in [-0.2, 0) is 30.4 Å². The standard InChI is InChI=1S/C33H41NO5/c1-22(35)38-21-30(37)33-25(20-34(39-33)17-7-10-23-8-5-4-6-9-23)19-29-27-12-11-24-18-26(36)13-15-31(24,2)28(27)14-16-32(29,33)3/h4-6,8-9,13,15,18,25,27-29H,7,10-12,14,16-17,19-21H2,1-3H3/t25-,27+,28?,29-,31-,32-,33-/m0/s1. The second kappa shape index (κ2) is 9.81. The van der Waals surface area contributed by atoms with E-state index in [0.717, 1.165) is 58.0 Å². The van der Waals surface area contributed by atoms with Crippen molar-refractivity contribution < 1.29 is 24.0 Å². The van der Waals surface area contributed by atoms with Crippen LogP contribution in [0.4, 0.5) is 0 Å². The molecular weight excluding hydrogens is 490 g/mol. The number of hydrogen-bond donors (Lipinski definition) is 0. The summed E-state index contributed by atoms with van der Waals surface area (Å²) in [5, 5.41) is 2.03. The molecule has 6 nitrogen and oxygen atoms in total. The fourth-order valence-electron chi connectivity index (χ4n) is 9.33. The summed E-state index contributed by atoms with van der Waals surface area (Å²) in [6, 6.07) is 10.5. The molecule has 5 aliphatic rings. The van der Waals surface area contributed by atoms with E-state index in [1.54, 1.807) is 6.08 Å². The van der Waals surface area contributed by atoms with Crippen molar-refractivity contribution in [1.29, 1.82) is 0 Å². The maximum atomic E-state index is 14.1. The number of nitrogens with zero attached hydrogens (tertiary/aromatic N) is 1. The van der Waals surface area contributed by atoms with Crippen LogP contribution < -0.4 is 0 Å². The molecule has 0 bridgehead atoms. The molecule has 0 N–H and O–H groups in total. The summed E-state index contributed by atoms with van der Waals surface area (Å²) in [5.41, 5.74) is 1.21. The molecule has 0 spiro atoms. The van der Waals surface area contributed by atoms with Gasteiger partial charge in [-0.25, -0.2) is 0 Å². The number of Topliss-reactive ketones (excluding diaryl/α,β-unsaturated/α-hetero) is 1. The minimum absolute atomic E-state index is 0.0810. The minimum Gasteiger partial charge on any atom is -0.458 e. The lowest BCUT2D eigenvalue weighted by molar-refractivity contribution is -0.243. The van der Waals surface area contributed by atoms with Crippen LogP contribution in [0.1, 0.15) is 64.9 Å². The molecule has 0 radical (unpaired) electrons. The lowest BCUT2D eigenvalue weighted by Gasteiger charge is -2.58. The van der Waals surface area contributed by atoms with Crippen molar-refractivity contribution >= 4 is 17.5 Å². The predicted molar refractivity (Wildman–Crippen MR) is 147 cm³/mol. The van der Waals surface area contributed by atoms with Crippen LogP contribution in [0.25, 0.3) is 0 Å². The Bertz CT molecular complexity index is 1220. The highest BCUT2D eigenvalue weighted by Gasteiger charge is 2.73. The molecule has 1 unspecified atom stereocenters. The summed E-state index contributed by atoms with van der Waals surface area (Å²) in [4.78, 5) is 44.7. The van der Waals surface area contributed by atoms with Gasteiger partial charge in [-0.1, -0.05) is 55.8 Å². The van der Waals surface area contributed by atoms with Gasteiger partial charge in [0.15, 0.2) is 18.0 Å². The van der Waals surface area contributed by atoms with Crippen LogP contribution in [0.5, 0.6) is 0 Å². The van der Waals surface area contributed by atoms with Crippen molar-refractivity contribution in [2.75, 3.05) is 19.7 Å². The van der Waals surface area contributed by atoms with Crippen molar-refractivity contribution in [3.63, 3.8) is 0 Å². The van der Waals surface area contributed by atoms with E-state index in [0.29, 0.717) is 17.8 Å². The third kappa shape index (κ3) is 4.17. The number of ketones is 2. The Balaban J connectivity index is 1.26. The van der Waals surface area contributed by atoms with Gasteiger partial charge in [-0.2, -0.15) is 5.06 Å². The zero-order valence-electron chi connectivity index (χ0n) is 23.5. The summed E-state index contributed by atoms with van der Waals surface area (Å²) in [5.74, 6) is 0.965. The summed E-state index contributed by atoms with van der Waals surface area (Å²) >= 11 is 0. The Labute approximate surface area is 231 Å². The number of allylic oxidation sites excluding steroid dienone is 4. The van der Waals surface area contributed by atoms with Crippen molar-refractivity contribution in [3.8, 4) is 0 Å². The van der Waals surface area contributed by atoms with Crippen LogP contribution in [0.3, 0.4) is 0 Å². The van der Waals surface area contributed by atoms with Crippen molar-refractivity contribution in [1.82, 2.24) is 5.06 Å². The number of aryl methyl sites for hydroxylation is 1. The maximum absolute atomic E-state index is 14.1. The Hall–Kier alpha value is -2.57. The fraction of sp³-hybridized carbons (Fsp3) is 0.606. The molecule has 6 rings (SSSR count). The molecule has 208 valence electrons. The van der Waals surface area contributed by atoms with Crippen LogP contribution >= 0.6 is 0 Å². The third-order valence-corrected chi connectivity index (χ3v) is 11.1. The molecule has 6 heteroatoms. The molecule has 1 aromatic carbocycles. The van der Waals surface area contributed by atoms with Gasteiger partial charge in [0.1, 0.15) is 0 Å². The molecule has 4 fully saturated rings. The van der Waals surface area contributed by atoms with Crippen LogP contribution in [0.15, 0.2) is 54.1 Å². The van der Waals surface area contributed by atoms with Crippen LogP contribution in [0.2, 0.25) is 0 Å². The Kier molecular flexibility index (Phi) is 6.70. The van der Waals surface area contributed by atoms with Gasteiger partial charge < -0.3 is 4.74 Å². The van der Waals surface area contributed by atoms with Crippen molar-refractivity contribution in [2.24, 2.45) is 34.5 Å². The first-order valence-electron chi connectivity index (χ1n) is 14.8. The van der Waals surface area contributed by atoms with E-state index < -0.39 is 11.6 Å². The summed E-state index contributed by atoms with van der Waals surface area (Å²) in [7, 11) is 0. The van der Waals surface area contributed by atoms with Gasteiger partial charge >= 0.3 is 5.97 Å². The maximum Gasteiger partial charge on any atom is 0.303 e. The molecule has 4 aliphatic carbocycles. The number of rotatable bonds is 7. The molecule has 1 saturated heterocycles. The molecule has 39 heavy (non-hydrogen) atoms. The highest BCUT2D eigenvalue weighted by Crippen LogP contribution is 2.70. The van der Waals surface area contributed by atoms with Gasteiger partial charge in [0.2, 0.25) is 5.78 Å². The van der Waals surface area contributed by atoms with E-state index in [1.807, 2.05) is 17.2 Å². The first-order valence-corrected chi connectivity index (χ1v) is 14.8. The second-order valence-electron chi connectivity index (χ2n) is 13.0. The number of carbonyl (C=O) groups excluding carboxylic acids is 3. The highest BCUT2D eigenvalue weighted by atomic mass is 16.7. The van der Waals surface area contributed by atoms with Gasteiger partial charge in [-0.05, 0) is 80.4 Å². The van der Waals surface area contributed by atoms with Crippen molar-refractivity contribution in [3.05, 3.63) is 59.7 Å². The van der Waals surface area contributed by atoms with E-state index >= 15 is 0 Å². The van der Waals surface area contributed by atoms with Gasteiger partial charge in [0, 0.05) is 36.8 Å². The first-order chi connectivity index (χ1) is 18.7. The molecule has 1 aliphatic heterocycles. The van der Waals surface area contributed by atoms with Crippen LogP contribution in [0, 0.1) is 34.5 Å². The average molecular weight is 532 g/mol. The first kappa shape index (κ1) is 26.6. The SMILES string of the molecule is CC(=O)OCC(=O)[C@@]12ON(CCCc3ccccc3)C[C@@H]1C[C@H]1[C@@H]3CCC4=CC(=O)C=C[C@]4(C)C3CC[C@@]12C. The lowest BCUT2D eigenvalue weighted by Crippen LogP contribution is -2.60. The van der Waals surface area contributed by atoms with E-state index in [9.17, 15) is 14.4 Å². The quantitative estimate of drug-likeness (QED) is 0.446. The average Bonchev–Trinajstić information content (AvgIpc) is 3.40. The topological polar surface area (TPSA) is 72.9 Å². The molecule has 1 heterocycles. The Morgan fingerprint density at radius 3 is 2.69 bits per heavy atom. The number of fused-ring (bicyclic) bond motifs is 7. The largest absolute Gasteiger partial charge is 0.458 e. The van der Waals surface area contributed by atoms with Gasteiger partial charge in [0.25, 0.3) is 0 Å². The number of carbonyl (C=O) groups is 3. The Morgan fingerprint density at radius 1 is 1.13 bits per heavy atom. The van der Waals surface area contributed by atoms with E-state index in [1.165, 1.54) is 18.1 Å². The highest BCUT2D eigenvalue weighted by molar-refractivity contribution is 6.01. The Morgan fingerprint density at radius 2 is 1.92 bits per heavy atom. The molecule has 0 amide bonds. The zero-order chi connectivity index (χ0) is 27.4. The second-order valence-corrected chi connectivity index (χ2v) is 13.0. The number of esters is 1. The van der Waals surface area contributed by atoms with Gasteiger partial charge in [-0.3, -0.25) is 19.2 Å². The third-order valence-electron chi connectivity index (χ3n) is 11.1. The molecule has 3 saturated carbocycles. The molecular formula is C33H41NO5. The molecule has 0 aromatic heterocycles. The zero-order valence-corrected chi connectivity index (χ0v) is 23.5. The van der Waals surface area contributed by atoms with Crippen molar-refractivity contribution in [2.45, 2.75) is 71.3 Å². The molecule has 1 aromatic rings. The number of benzene rings is 1. The summed E-state index contributed by atoms with van der Waals surface area (Å²) < 4.78 is 5.29. The number of ether oxygens (including phenoxy) is 1. The van der Waals surface area contributed by atoms with Crippen LogP contribution in [-0.4, -0.2) is 47.9 Å². The monoisotopic (exact) mass is 531 g/mol. The van der Waals surface area contributed by atoms with E-state index in [2.05, 4.69) is 44.2 Å². The lowest BCUT2D eigenvalue weighted by atomic mass is 9.47. The number of hydroxylamine groups is 2. The predicted octanol–water partition coefficient (Wildman–Crippen LogP) is 5.27. The normalized spacial score (nSPS) is 38.8. The molecule has 7 atom stereocenters. The smallest absolute Gasteiger partial charge is 0.303 e. The van der Waals surface area contributed by atoms with Gasteiger partial charge in [0.05, 0.1) is 0 Å². The summed E-state index contributed by atoms with van der Waals surface area (Å²) in [6.07, 6.45) is 12.5. The van der Waals surface area contributed by atoms with E-state index in [-0.39, 0.29) is 34.9 Å². The van der Waals surface area contributed by atoms with Gasteiger partial charge in [-0.15, -0.1) is 0 Å².